The van der Waals surface area contributed by atoms with Crippen LogP contribution in [-0.4, -0.2) is 45.2 Å². The molecule has 0 spiro atoms. The van der Waals surface area contributed by atoms with Crippen molar-refractivity contribution in [2.75, 3.05) is 6.61 Å². The molecule has 0 unspecified atom stereocenters. The van der Waals surface area contributed by atoms with E-state index >= 15 is 0 Å². The summed E-state index contributed by atoms with van der Waals surface area (Å²) in [5.74, 6) is 0. The van der Waals surface area contributed by atoms with Crippen molar-refractivity contribution in [1.29, 1.82) is 5.26 Å². The third-order valence-corrected chi connectivity index (χ3v) is 5.21. The highest BCUT2D eigenvalue weighted by Crippen LogP contribution is 2.32. The summed E-state index contributed by atoms with van der Waals surface area (Å²) in [5.41, 5.74) is 0. The zero-order chi connectivity index (χ0) is 18.3. The largest absolute Gasteiger partial charge is 0.395 e. The first-order valence-electron chi connectivity index (χ1n) is 7.99. The monoisotopic (exact) mass is 331 g/mol. The van der Waals surface area contributed by atoms with Crippen molar-refractivity contribution >= 4 is 8.88 Å². The van der Waals surface area contributed by atoms with E-state index in [9.17, 15) is 0 Å². The lowest BCUT2D eigenvalue weighted by Gasteiger charge is -2.39. The van der Waals surface area contributed by atoms with Gasteiger partial charge in [-0.1, -0.05) is 0 Å². The fraction of sp³-hybridized carbons (Fsp3) is 0.824. The third-order valence-electron chi connectivity index (χ3n) is 2.68. The van der Waals surface area contributed by atoms with Crippen molar-refractivity contribution in [3.63, 3.8) is 0 Å². The summed E-state index contributed by atoms with van der Waals surface area (Å²) < 4.78 is 5.14. The Hall–Kier alpha value is -0.460. The minimum atomic E-state index is -0.0174. The molecule has 4 nitrogen and oxygen atoms in total. The SMILES string of the molecule is C=C.CC(C)N(PN(C(C)C)C(C)C)C(C)C.N#CCCO. The minimum absolute atomic E-state index is 0.0174. The molecule has 0 aromatic rings. The zero-order valence-corrected chi connectivity index (χ0v) is 16.9. The fourth-order valence-corrected chi connectivity index (χ4v) is 3.03. The molecule has 0 saturated heterocycles. The first-order valence-corrected chi connectivity index (χ1v) is 8.89. The van der Waals surface area contributed by atoms with Gasteiger partial charge in [0.2, 0.25) is 0 Å². The van der Waals surface area contributed by atoms with Crippen molar-refractivity contribution in [3.8, 4) is 6.07 Å². The summed E-state index contributed by atoms with van der Waals surface area (Å²) >= 11 is 0. The Balaban J connectivity index is -0.000000434. The smallest absolute Gasteiger partial charge is 0.0645 e. The van der Waals surface area contributed by atoms with E-state index in [1.165, 1.54) is 0 Å². The predicted octanol–water partition coefficient (Wildman–Crippen LogP) is 4.43. The topological polar surface area (TPSA) is 50.5 Å². The average molecular weight is 331 g/mol. The van der Waals surface area contributed by atoms with Gasteiger partial charge in [-0.05, 0) is 55.4 Å². The molecule has 0 aliphatic carbocycles. The van der Waals surface area contributed by atoms with Gasteiger partial charge in [0.25, 0.3) is 0 Å². The maximum Gasteiger partial charge on any atom is 0.0645 e. The zero-order valence-electron chi connectivity index (χ0n) is 15.9. The molecular weight excluding hydrogens is 293 g/mol. The van der Waals surface area contributed by atoms with Gasteiger partial charge in [0.1, 0.15) is 0 Å². The summed E-state index contributed by atoms with van der Waals surface area (Å²) in [6.07, 6.45) is 0.250. The molecule has 0 heterocycles. The summed E-state index contributed by atoms with van der Waals surface area (Å²) in [6.45, 7) is 24.3. The van der Waals surface area contributed by atoms with E-state index in [1.54, 1.807) is 6.07 Å². The first kappa shape index (κ1) is 26.4. The summed E-state index contributed by atoms with van der Waals surface area (Å²) in [5, 5.41) is 15.5. The van der Waals surface area contributed by atoms with Gasteiger partial charge in [-0.25, -0.2) is 0 Å². The van der Waals surface area contributed by atoms with Crippen LogP contribution in [0.2, 0.25) is 0 Å². The van der Waals surface area contributed by atoms with Gasteiger partial charge < -0.3 is 5.11 Å². The van der Waals surface area contributed by atoms with Crippen LogP contribution in [0.15, 0.2) is 13.2 Å². The molecule has 0 amide bonds. The molecular formula is C17H38N3OP. The molecule has 5 heteroatoms. The van der Waals surface area contributed by atoms with E-state index in [2.05, 4.69) is 77.9 Å². The standard InChI is InChI=1S/C12H29N2P.C3H5NO.C2H4/c1-9(2)13(10(3)4)15-14(11(5)6)12(7)8;4-2-1-3-5;1-2/h9-12,15H,1-8H3;5H,1,3H2;1-2H2. The Morgan fingerprint density at radius 3 is 1.23 bits per heavy atom. The quantitative estimate of drug-likeness (QED) is 0.554. The van der Waals surface area contributed by atoms with Crippen molar-refractivity contribution in [1.82, 2.24) is 9.34 Å². The second-order valence-corrected chi connectivity index (χ2v) is 7.15. The maximum absolute atomic E-state index is 7.84. The first-order chi connectivity index (χ1) is 10.2. The molecule has 0 radical (unpaired) electrons. The number of nitriles is 1. The number of rotatable bonds is 7. The molecule has 0 aromatic heterocycles. The van der Waals surface area contributed by atoms with Gasteiger partial charge in [-0.2, -0.15) is 5.26 Å². The van der Waals surface area contributed by atoms with Crippen LogP contribution in [0.3, 0.4) is 0 Å². The number of aliphatic hydroxyl groups excluding tert-OH is 1. The minimum Gasteiger partial charge on any atom is -0.395 e. The second-order valence-electron chi connectivity index (χ2n) is 5.92. The van der Waals surface area contributed by atoms with Crippen LogP contribution >= 0.6 is 8.88 Å². The highest BCUT2D eigenvalue weighted by molar-refractivity contribution is 7.32. The molecule has 0 bridgehead atoms. The van der Waals surface area contributed by atoms with Crippen LogP contribution in [-0.2, 0) is 0 Å². The molecule has 0 rings (SSSR count). The van der Waals surface area contributed by atoms with Crippen LogP contribution in [0.5, 0.6) is 0 Å². The molecule has 0 saturated carbocycles. The number of aliphatic hydroxyl groups is 1. The van der Waals surface area contributed by atoms with E-state index in [-0.39, 0.29) is 13.0 Å². The van der Waals surface area contributed by atoms with Crippen LogP contribution < -0.4 is 0 Å². The van der Waals surface area contributed by atoms with E-state index < -0.39 is 0 Å². The van der Waals surface area contributed by atoms with E-state index in [0.29, 0.717) is 24.2 Å². The number of hydrogen-bond donors (Lipinski definition) is 1. The van der Waals surface area contributed by atoms with Crippen molar-refractivity contribution in [3.05, 3.63) is 13.2 Å². The number of nitrogens with zero attached hydrogens (tertiary/aromatic N) is 3. The number of hydrogen-bond acceptors (Lipinski definition) is 4. The summed E-state index contributed by atoms with van der Waals surface area (Å²) in [6, 6.07) is 4.28. The lowest BCUT2D eigenvalue weighted by atomic mass is 10.3. The average Bonchev–Trinajstić information content (AvgIpc) is 2.41. The van der Waals surface area contributed by atoms with Crippen LogP contribution in [0.4, 0.5) is 0 Å². The molecule has 0 fully saturated rings. The Labute approximate surface area is 141 Å². The summed E-state index contributed by atoms with van der Waals surface area (Å²) in [4.78, 5) is 0. The van der Waals surface area contributed by atoms with E-state index in [0.717, 1.165) is 8.88 Å². The van der Waals surface area contributed by atoms with E-state index in [1.807, 2.05) is 0 Å². The Morgan fingerprint density at radius 1 is 0.864 bits per heavy atom. The van der Waals surface area contributed by atoms with Gasteiger partial charge in [0.05, 0.1) is 19.1 Å². The molecule has 132 valence electrons. The van der Waals surface area contributed by atoms with Crippen molar-refractivity contribution in [2.45, 2.75) is 86.0 Å². The predicted molar refractivity (Wildman–Crippen MR) is 101 cm³/mol. The molecule has 0 aromatic carbocycles. The highest BCUT2D eigenvalue weighted by atomic mass is 31.1. The van der Waals surface area contributed by atoms with Gasteiger partial charge in [-0.15, -0.1) is 13.2 Å². The highest BCUT2D eigenvalue weighted by Gasteiger charge is 2.21. The van der Waals surface area contributed by atoms with Crippen LogP contribution in [0, 0.1) is 11.3 Å². The summed E-state index contributed by atoms with van der Waals surface area (Å²) in [7, 11) is 0.802. The normalized spacial score (nSPS) is 10.6. The van der Waals surface area contributed by atoms with Crippen LogP contribution in [0.25, 0.3) is 0 Å². The fourth-order valence-electron chi connectivity index (χ4n) is 1.84. The Morgan fingerprint density at radius 2 is 1.14 bits per heavy atom. The second kappa shape index (κ2) is 16.9. The van der Waals surface area contributed by atoms with Crippen molar-refractivity contribution < 1.29 is 5.11 Å². The van der Waals surface area contributed by atoms with Gasteiger partial charge >= 0.3 is 0 Å². The lowest BCUT2D eigenvalue weighted by molar-refractivity contribution is 0.267. The van der Waals surface area contributed by atoms with Crippen LogP contribution in [0.1, 0.15) is 61.8 Å². The van der Waals surface area contributed by atoms with Gasteiger partial charge in [-0.3, -0.25) is 9.34 Å². The van der Waals surface area contributed by atoms with Gasteiger partial charge in [0.15, 0.2) is 0 Å². The molecule has 0 atom stereocenters. The molecule has 0 aliphatic rings. The molecule has 0 aliphatic heterocycles. The molecule has 22 heavy (non-hydrogen) atoms. The Kier molecular flexibility index (Phi) is 20.3. The molecule has 1 N–H and O–H groups in total. The van der Waals surface area contributed by atoms with E-state index in [4.69, 9.17) is 10.4 Å². The third kappa shape index (κ3) is 14.5. The van der Waals surface area contributed by atoms with Gasteiger partial charge in [0, 0.05) is 33.0 Å². The maximum atomic E-state index is 7.84. The Bertz CT molecular complexity index is 242. The lowest BCUT2D eigenvalue weighted by Crippen LogP contribution is -2.38. The van der Waals surface area contributed by atoms with Crippen molar-refractivity contribution in [2.24, 2.45) is 0 Å².